The summed E-state index contributed by atoms with van der Waals surface area (Å²) in [4.78, 5) is 15.8. The van der Waals surface area contributed by atoms with Crippen molar-refractivity contribution in [3.05, 3.63) is 235 Å². The molecule has 1 unspecified atom stereocenters. The van der Waals surface area contributed by atoms with Crippen LogP contribution in [0.15, 0.2) is 212 Å². The smallest absolute Gasteiger partial charge is 0.164 e. The maximum atomic E-state index is 5.30. The lowest BCUT2D eigenvalue weighted by atomic mass is 9.70. The van der Waals surface area contributed by atoms with Crippen LogP contribution in [0.1, 0.15) is 22.3 Å². The molecule has 59 heavy (non-hydrogen) atoms. The van der Waals surface area contributed by atoms with Gasteiger partial charge in [0.15, 0.2) is 17.5 Å². The maximum absolute atomic E-state index is 5.30. The fraction of sp³-hybridized carbons (Fsp3) is 0.0179. The van der Waals surface area contributed by atoms with Crippen LogP contribution in [-0.4, -0.2) is 15.0 Å². The molecule has 10 aromatic rings. The summed E-state index contributed by atoms with van der Waals surface area (Å²) in [7, 11) is 0. The van der Waals surface area contributed by atoms with E-state index in [2.05, 4.69) is 200 Å². The van der Waals surface area contributed by atoms with Gasteiger partial charge in [-0.2, -0.15) is 0 Å². The third-order valence-electron chi connectivity index (χ3n) is 12.3. The molecule has 0 aliphatic heterocycles. The summed E-state index contributed by atoms with van der Waals surface area (Å²) in [5, 5.41) is 2.52. The molecule has 1 spiro atoms. The lowest BCUT2D eigenvalue weighted by molar-refractivity contribution is 0.794. The molecule has 1 heterocycles. The van der Waals surface area contributed by atoms with E-state index in [0.29, 0.717) is 17.5 Å². The van der Waals surface area contributed by atoms with Crippen molar-refractivity contribution in [3.63, 3.8) is 0 Å². The average Bonchev–Trinajstić information content (AvgIpc) is 3.79. The van der Waals surface area contributed by atoms with Gasteiger partial charge in [-0.25, -0.2) is 15.0 Å². The molecular formula is C56H35N3. The molecular weight excluding hydrogens is 715 g/mol. The summed E-state index contributed by atoms with van der Waals surface area (Å²) >= 11 is 0. The number of nitrogens with zero attached hydrogens (tertiary/aromatic N) is 3. The van der Waals surface area contributed by atoms with E-state index >= 15 is 0 Å². The summed E-state index contributed by atoms with van der Waals surface area (Å²) < 4.78 is 0. The van der Waals surface area contributed by atoms with Crippen LogP contribution in [0.5, 0.6) is 0 Å². The zero-order valence-electron chi connectivity index (χ0n) is 32.0. The Morgan fingerprint density at radius 3 is 1.51 bits per heavy atom. The van der Waals surface area contributed by atoms with E-state index in [1.54, 1.807) is 0 Å². The first-order valence-electron chi connectivity index (χ1n) is 20.2. The topological polar surface area (TPSA) is 38.7 Å². The highest BCUT2D eigenvalue weighted by molar-refractivity contribution is 6.06. The Balaban J connectivity index is 1.08. The highest BCUT2D eigenvalue weighted by Gasteiger charge is 2.52. The third-order valence-corrected chi connectivity index (χ3v) is 12.3. The van der Waals surface area contributed by atoms with Gasteiger partial charge in [0.1, 0.15) is 0 Å². The molecule has 3 nitrogen and oxygen atoms in total. The normalized spacial score (nSPS) is 14.5. The third kappa shape index (κ3) is 5.11. The standard InChI is InChI=1S/C56H35N3/c1-3-14-36(15-4-1)38-26-28-40(29-27-38)53-57-54(42-20-13-19-41(34-42)37-16-5-2-6-17-37)59-55(58-53)43-30-32-46-45-22-9-11-24-48(45)56(51(46)35-43)49-25-12-10-23-47(49)52-44-21-8-7-18-39(44)31-33-50(52)56/h1-35H. The van der Waals surface area contributed by atoms with Crippen LogP contribution in [-0.2, 0) is 5.41 Å². The molecule has 0 bridgehead atoms. The molecule has 0 saturated heterocycles. The van der Waals surface area contributed by atoms with Gasteiger partial charge in [-0.05, 0) is 89.7 Å². The molecule has 274 valence electrons. The summed E-state index contributed by atoms with van der Waals surface area (Å²) in [6.07, 6.45) is 0. The highest BCUT2D eigenvalue weighted by atomic mass is 15.0. The summed E-state index contributed by atoms with van der Waals surface area (Å²) in [5.41, 5.74) is 17.2. The maximum Gasteiger partial charge on any atom is 0.164 e. The van der Waals surface area contributed by atoms with Gasteiger partial charge in [-0.3, -0.25) is 0 Å². The van der Waals surface area contributed by atoms with Gasteiger partial charge >= 0.3 is 0 Å². The summed E-state index contributed by atoms with van der Waals surface area (Å²) in [6.45, 7) is 0. The van der Waals surface area contributed by atoms with E-state index in [1.807, 2.05) is 12.1 Å². The largest absolute Gasteiger partial charge is 0.208 e. The van der Waals surface area contributed by atoms with Crippen LogP contribution in [0.25, 0.3) is 89.4 Å². The quantitative estimate of drug-likeness (QED) is 0.176. The fourth-order valence-corrected chi connectivity index (χ4v) is 9.72. The molecule has 3 heteroatoms. The van der Waals surface area contributed by atoms with Crippen LogP contribution in [0.4, 0.5) is 0 Å². The molecule has 0 N–H and O–H groups in total. The number of aromatic nitrogens is 3. The van der Waals surface area contributed by atoms with Gasteiger partial charge in [0.05, 0.1) is 5.41 Å². The Morgan fingerprint density at radius 1 is 0.271 bits per heavy atom. The first kappa shape index (κ1) is 33.4. The highest BCUT2D eigenvalue weighted by Crippen LogP contribution is 2.64. The molecule has 2 aliphatic carbocycles. The van der Waals surface area contributed by atoms with Crippen molar-refractivity contribution in [3.8, 4) is 78.7 Å². The molecule has 2 aliphatic rings. The van der Waals surface area contributed by atoms with Gasteiger partial charge in [0, 0.05) is 16.7 Å². The second-order valence-corrected chi connectivity index (χ2v) is 15.5. The van der Waals surface area contributed by atoms with Gasteiger partial charge < -0.3 is 0 Å². The molecule has 1 atom stereocenters. The number of hydrogen-bond acceptors (Lipinski definition) is 3. The van der Waals surface area contributed by atoms with E-state index in [1.165, 1.54) is 60.8 Å². The minimum absolute atomic E-state index is 0.506. The van der Waals surface area contributed by atoms with E-state index in [4.69, 9.17) is 15.0 Å². The van der Waals surface area contributed by atoms with Crippen molar-refractivity contribution in [2.45, 2.75) is 5.41 Å². The molecule has 0 radical (unpaired) electrons. The fourth-order valence-electron chi connectivity index (χ4n) is 9.72. The Hall–Kier alpha value is -7.75. The number of hydrogen-bond donors (Lipinski definition) is 0. The molecule has 1 aromatic heterocycles. The van der Waals surface area contributed by atoms with Crippen molar-refractivity contribution < 1.29 is 0 Å². The van der Waals surface area contributed by atoms with E-state index in [9.17, 15) is 0 Å². The molecule has 12 rings (SSSR count). The Kier molecular flexibility index (Phi) is 7.45. The summed E-state index contributed by atoms with van der Waals surface area (Å²) in [5.74, 6) is 1.91. The van der Waals surface area contributed by atoms with Crippen molar-refractivity contribution in [2.24, 2.45) is 0 Å². The van der Waals surface area contributed by atoms with Gasteiger partial charge in [0.25, 0.3) is 0 Å². The zero-order valence-corrected chi connectivity index (χ0v) is 32.0. The lowest BCUT2D eigenvalue weighted by Gasteiger charge is -2.30. The first-order valence-corrected chi connectivity index (χ1v) is 20.2. The van der Waals surface area contributed by atoms with Crippen LogP contribution in [0.3, 0.4) is 0 Å². The van der Waals surface area contributed by atoms with E-state index < -0.39 is 5.41 Å². The van der Waals surface area contributed by atoms with Crippen molar-refractivity contribution in [2.75, 3.05) is 0 Å². The summed E-state index contributed by atoms with van der Waals surface area (Å²) in [6, 6.07) is 76.2. The van der Waals surface area contributed by atoms with Crippen molar-refractivity contribution in [1.82, 2.24) is 15.0 Å². The number of benzene rings is 9. The predicted octanol–water partition coefficient (Wildman–Crippen LogP) is 13.7. The number of fused-ring (bicyclic) bond motifs is 12. The predicted molar refractivity (Wildman–Crippen MR) is 241 cm³/mol. The average molecular weight is 750 g/mol. The van der Waals surface area contributed by atoms with Crippen LogP contribution in [0, 0.1) is 0 Å². The Labute approximate surface area is 343 Å². The van der Waals surface area contributed by atoms with Crippen molar-refractivity contribution >= 4 is 10.8 Å². The van der Waals surface area contributed by atoms with Gasteiger partial charge in [-0.1, -0.05) is 200 Å². The molecule has 0 fully saturated rings. The van der Waals surface area contributed by atoms with Crippen LogP contribution < -0.4 is 0 Å². The molecule has 0 saturated carbocycles. The lowest BCUT2D eigenvalue weighted by Crippen LogP contribution is -2.25. The van der Waals surface area contributed by atoms with E-state index in [-0.39, 0.29) is 0 Å². The minimum atomic E-state index is -0.506. The second kappa shape index (κ2) is 13.2. The van der Waals surface area contributed by atoms with Gasteiger partial charge in [-0.15, -0.1) is 0 Å². The van der Waals surface area contributed by atoms with Gasteiger partial charge in [0.2, 0.25) is 0 Å². The Morgan fingerprint density at radius 2 is 0.763 bits per heavy atom. The SMILES string of the molecule is c1ccc(-c2ccc(-c3nc(-c4cccc(-c5ccccc5)c4)nc(-c4ccc5c(c4)C4(c6ccccc6-5)c5ccccc5-c5c4ccc4ccccc54)n3)cc2)cc1. The zero-order chi connectivity index (χ0) is 38.9. The van der Waals surface area contributed by atoms with Crippen molar-refractivity contribution in [1.29, 1.82) is 0 Å². The monoisotopic (exact) mass is 749 g/mol. The minimum Gasteiger partial charge on any atom is -0.208 e. The van der Waals surface area contributed by atoms with Crippen LogP contribution >= 0.6 is 0 Å². The first-order chi connectivity index (χ1) is 29.2. The molecule has 9 aromatic carbocycles. The Bertz CT molecular complexity index is 3260. The number of rotatable bonds is 5. The van der Waals surface area contributed by atoms with E-state index in [0.717, 1.165) is 33.4 Å². The van der Waals surface area contributed by atoms with Crippen LogP contribution in [0.2, 0.25) is 0 Å². The second-order valence-electron chi connectivity index (χ2n) is 15.5. The molecule has 0 amide bonds.